The minimum atomic E-state index is -0.195. The van der Waals surface area contributed by atoms with Crippen LogP contribution < -0.4 is 5.32 Å². The molecule has 1 saturated carbocycles. The molecule has 2 N–H and O–H groups in total. The number of nitrogens with one attached hydrogen (secondary N) is 1. The van der Waals surface area contributed by atoms with Crippen LogP contribution in [0.15, 0.2) is 18.2 Å². The van der Waals surface area contributed by atoms with Gasteiger partial charge >= 0.3 is 0 Å². The van der Waals surface area contributed by atoms with E-state index in [0.717, 1.165) is 24.0 Å². The fourth-order valence-corrected chi connectivity index (χ4v) is 1.68. The van der Waals surface area contributed by atoms with Gasteiger partial charge in [0.05, 0.1) is 6.61 Å². The topological polar surface area (TPSA) is 32.3 Å². The molecule has 0 amide bonds. The molecule has 0 saturated heterocycles. The molecule has 0 aliphatic heterocycles. The van der Waals surface area contributed by atoms with E-state index >= 15 is 0 Å². The van der Waals surface area contributed by atoms with Crippen molar-refractivity contribution in [2.24, 2.45) is 0 Å². The van der Waals surface area contributed by atoms with E-state index in [1.54, 1.807) is 6.07 Å². The standard InChI is InChI=1S/C12H16FNO/c1-9-6-11(13)3-2-10(9)7-14-12(8-15)4-5-12/h2-3,6,14-15H,4-5,7-8H2,1H3. The van der Waals surface area contributed by atoms with Crippen LogP contribution in [0.3, 0.4) is 0 Å². The Kier molecular flexibility index (Phi) is 2.76. The summed E-state index contributed by atoms with van der Waals surface area (Å²) in [6, 6.07) is 4.81. The SMILES string of the molecule is Cc1cc(F)ccc1CNC1(CO)CC1. The van der Waals surface area contributed by atoms with E-state index < -0.39 is 0 Å². The van der Waals surface area contributed by atoms with E-state index in [9.17, 15) is 4.39 Å². The molecule has 0 bridgehead atoms. The summed E-state index contributed by atoms with van der Waals surface area (Å²) in [6.07, 6.45) is 2.06. The molecule has 1 fully saturated rings. The molecule has 1 aromatic carbocycles. The van der Waals surface area contributed by atoms with E-state index in [1.807, 2.05) is 6.92 Å². The number of halogens is 1. The van der Waals surface area contributed by atoms with Crippen LogP contribution in [0.1, 0.15) is 24.0 Å². The highest BCUT2D eigenvalue weighted by Gasteiger charge is 2.41. The minimum Gasteiger partial charge on any atom is -0.394 e. The quantitative estimate of drug-likeness (QED) is 0.791. The van der Waals surface area contributed by atoms with E-state index in [1.165, 1.54) is 12.1 Å². The van der Waals surface area contributed by atoms with Crippen molar-refractivity contribution >= 4 is 0 Å². The average molecular weight is 209 g/mol. The van der Waals surface area contributed by atoms with Gasteiger partial charge in [-0.15, -0.1) is 0 Å². The number of aliphatic hydroxyl groups excluding tert-OH is 1. The van der Waals surface area contributed by atoms with Crippen molar-refractivity contribution in [3.05, 3.63) is 35.1 Å². The lowest BCUT2D eigenvalue weighted by molar-refractivity contribution is 0.229. The summed E-state index contributed by atoms with van der Waals surface area (Å²) in [7, 11) is 0. The molecule has 0 unspecified atom stereocenters. The number of benzene rings is 1. The summed E-state index contributed by atoms with van der Waals surface area (Å²) in [4.78, 5) is 0. The van der Waals surface area contributed by atoms with Gasteiger partial charge in [-0.2, -0.15) is 0 Å². The predicted molar refractivity (Wildman–Crippen MR) is 57.0 cm³/mol. The lowest BCUT2D eigenvalue weighted by Gasteiger charge is -2.15. The van der Waals surface area contributed by atoms with Crippen LogP contribution in [-0.2, 0) is 6.54 Å². The zero-order valence-electron chi connectivity index (χ0n) is 8.89. The van der Waals surface area contributed by atoms with Crippen molar-refractivity contribution in [3.63, 3.8) is 0 Å². The van der Waals surface area contributed by atoms with E-state index in [4.69, 9.17) is 5.11 Å². The zero-order valence-corrected chi connectivity index (χ0v) is 8.89. The van der Waals surface area contributed by atoms with Crippen LogP contribution in [0.5, 0.6) is 0 Å². The van der Waals surface area contributed by atoms with Gasteiger partial charge in [0.15, 0.2) is 0 Å². The van der Waals surface area contributed by atoms with Crippen LogP contribution in [-0.4, -0.2) is 17.3 Å². The Hall–Kier alpha value is -0.930. The molecule has 15 heavy (non-hydrogen) atoms. The molecule has 0 atom stereocenters. The molecule has 0 spiro atoms. The summed E-state index contributed by atoms with van der Waals surface area (Å²) in [6.45, 7) is 2.79. The summed E-state index contributed by atoms with van der Waals surface area (Å²) in [5, 5.41) is 12.4. The molecule has 2 nitrogen and oxygen atoms in total. The minimum absolute atomic E-state index is 0.0547. The Labute approximate surface area is 89.1 Å². The van der Waals surface area contributed by atoms with Crippen molar-refractivity contribution in [1.82, 2.24) is 5.32 Å². The van der Waals surface area contributed by atoms with Gasteiger partial charge in [-0.25, -0.2) is 4.39 Å². The van der Waals surface area contributed by atoms with E-state index in [0.29, 0.717) is 6.54 Å². The van der Waals surface area contributed by atoms with Crippen molar-refractivity contribution in [2.45, 2.75) is 31.8 Å². The Morgan fingerprint density at radius 3 is 2.73 bits per heavy atom. The Morgan fingerprint density at radius 2 is 2.20 bits per heavy atom. The van der Waals surface area contributed by atoms with Crippen LogP contribution in [0.2, 0.25) is 0 Å². The van der Waals surface area contributed by atoms with Gasteiger partial charge in [0.25, 0.3) is 0 Å². The van der Waals surface area contributed by atoms with Gasteiger partial charge in [0, 0.05) is 12.1 Å². The molecule has 1 aliphatic rings. The van der Waals surface area contributed by atoms with Crippen LogP contribution in [0, 0.1) is 12.7 Å². The van der Waals surface area contributed by atoms with Crippen LogP contribution in [0.4, 0.5) is 4.39 Å². The van der Waals surface area contributed by atoms with Gasteiger partial charge in [0.1, 0.15) is 5.82 Å². The van der Waals surface area contributed by atoms with E-state index in [-0.39, 0.29) is 18.0 Å². The van der Waals surface area contributed by atoms with Crippen LogP contribution >= 0.6 is 0 Å². The fraction of sp³-hybridized carbons (Fsp3) is 0.500. The van der Waals surface area contributed by atoms with Gasteiger partial charge in [0.2, 0.25) is 0 Å². The van der Waals surface area contributed by atoms with Crippen molar-refractivity contribution in [2.75, 3.05) is 6.61 Å². The first kappa shape index (κ1) is 10.6. The maximum absolute atomic E-state index is 12.8. The smallest absolute Gasteiger partial charge is 0.123 e. The molecular weight excluding hydrogens is 193 g/mol. The molecule has 1 aromatic rings. The molecule has 0 aromatic heterocycles. The van der Waals surface area contributed by atoms with E-state index in [2.05, 4.69) is 5.32 Å². The highest BCUT2D eigenvalue weighted by atomic mass is 19.1. The first-order chi connectivity index (χ1) is 7.15. The monoisotopic (exact) mass is 209 g/mol. The van der Waals surface area contributed by atoms with Crippen molar-refractivity contribution < 1.29 is 9.50 Å². The van der Waals surface area contributed by atoms with Gasteiger partial charge in [-0.1, -0.05) is 6.07 Å². The summed E-state index contributed by atoms with van der Waals surface area (Å²) in [5.74, 6) is -0.195. The van der Waals surface area contributed by atoms with Crippen molar-refractivity contribution in [3.8, 4) is 0 Å². The summed E-state index contributed by atoms with van der Waals surface area (Å²) in [5.41, 5.74) is 1.99. The summed E-state index contributed by atoms with van der Waals surface area (Å²) >= 11 is 0. The van der Waals surface area contributed by atoms with Crippen molar-refractivity contribution in [1.29, 1.82) is 0 Å². The largest absolute Gasteiger partial charge is 0.394 e. The van der Waals surface area contributed by atoms with Crippen LogP contribution in [0.25, 0.3) is 0 Å². The fourth-order valence-electron chi connectivity index (χ4n) is 1.68. The first-order valence-electron chi connectivity index (χ1n) is 5.26. The van der Waals surface area contributed by atoms with Gasteiger partial charge < -0.3 is 10.4 Å². The Balaban J connectivity index is 1.99. The summed E-state index contributed by atoms with van der Waals surface area (Å²) < 4.78 is 12.8. The second-order valence-electron chi connectivity index (χ2n) is 4.36. The average Bonchev–Trinajstić information content (AvgIpc) is 2.97. The Morgan fingerprint density at radius 1 is 1.47 bits per heavy atom. The molecule has 0 heterocycles. The Bertz CT molecular complexity index is 361. The second-order valence-corrected chi connectivity index (χ2v) is 4.36. The number of aryl methyl sites for hydroxylation is 1. The zero-order chi connectivity index (χ0) is 10.9. The number of hydrogen-bond donors (Lipinski definition) is 2. The molecule has 3 heteroatoms. The highest BCUT2D eigenvalue weighted by molar-refractivity contribution is 5.26. The molecule has 0 radical (unpaired) electrons. The third-order valence-electron chi connectivity index (χ3n) is 3.11. The molecule has 82 valence electrons. The third-order valence-corrected chi connectivity index (χ3v) is 3.11. The predicted octanol–water partition coefficient (Wildman–Crippen LogP) is 1.75. The van der Waals surface area contributed by atoms with Gasteiger partial charge in [-0.05, 0) is 43.0 Å². The number of hydrogen-bond acceptors (Lipinski definition) is 2. The maximum Gasteiger partial charge on any atom is 0.123 e. The molecular formula is C12H16FNO. The lowest BCUT2D eigenvalue weighted by Crippen LogP contribution is -2.34. The number of rotatable bonds is 4. The third kappa shape index (κ3) is 2.36. The highest BCUT2D eigenvalue weighted by Crippen LogP contribution is 2.34. The lowest BCUT2D eigenvalue weighted by atomic mass is 10.1. The van der Waals surface area contributed by atoms with Gasteiger partial charge in [-0.3, -0.25) is 0 Å². The second kappa shape index (κ2) is 3.91. The maximum atomic E-state index is 12.8. The first-order valence-corrected chi connectivity index (χ1v) is 5.26. The number of aliphatic hydroxyl groups is 1. The molecule has 2 rings (SSSR count). The molecule has 1 aliphatic carbocycles. The normalized spacial score (nSPS) is 17.8.